The van der Waals surface area contributed by atoms with Crippen LogP contribution in [0.4, 0.5) is 14.5 Å². The van der Waals surface area contributed by atoms with Gasteiger partial charge in [0.05, 0.1) is 5.75 Å². The Bertz CT molecular complexity index is 914. The summed E-state index contributed by atoms with van der Waals surface area (Å²) in [6.07, 6.45) is 0. The van der Waals surface area contributed by atoms with E-state index in [4.69, 9.17) is 4.74 Å². The van der Waals surface area contributed by atoms with Crippen LogP contribution in [0.1, 0.15) is 5.82 Å². The zero-order valence-corrected chi connectivity index (χ0v) is 15.2. The topological polar surface area (TPSA) is 69.0 Å². The largest absolute Gasteiger partial charge is 0.486 e. The van der Waals surface area contributed by atoms with Gasteiger partial charge in [0.1, 0.15) is 24.0 Å². The summed E-state index contributed by atoms with van der Waals surface area (Å²) in [7, 11) is 1.77. The lowest BCUT2D eigenvalue weighted by Crippen LogP contribution is -2.14. The van der Waals surface area contributed by atoms with Gasteiger partial charge in [-0.1, -0.05) is 11.8 Å². The molecule has 27 heavy (non-hydrogen) atoms. The zero-order valence-electron chi connectivity index (χ0n) is 14.4. The van der Waals surface area contributed by atoms with Crippen LogP contribution >= 0.6 is 11.8 Å². The SMILES string of the molecule is Cn1c(COc2ccc(F)cc2)nnc1SCC(=O)Nc1ccc(F)cc1. The lowest BCUT2D eigenvalue weighted by Gasteiger charge is -2.07. The highest BCUT2D eigenvalue weighted by Crippen LogP contribution is 2.18. The van der Waals surface area contributed by atoms with Gasteiger partial charge in [-0.15, -0.1) is 10.2 Å². The van der Waals surface area contributed by atoms with Gasteiger partial charge in [-0.05, 0) is 48.5 Å². The monoisotopic (exact) mass is 390 g/mol. The number of anilines is 1. The fourth-order valence-corrected chi connectivity index (χ4v) is 2.87. The fraction of sp³-hybridized carbons (Fsp3) is 0.167. The van der Waals surface area contributed by atoms with Crippen molar-refractivity contribution in [3.8, 4) is 5.75 Å². The van der Waals surface area contributed by atoms with Gasteiger partial charge < -0.3 is 14.6 Å². The van der Waals surface area contributed by atoms with Gasteiger partial charge in [-0.3, -0.25) is 4.79 Å². The van der Waals surface area contributed by atoms with E-state index in [0.717, 1.165) is 0 Å². The third kappa shape index (κ3) is 5.27. The summed E-state index contributed by atoms with van der Waals surface area (Å²) in [6, 6.07) is 11.2. The third-order valence-electron chi connectivity index (χ3n) is 3.57. The first-order chi connectivity index (χ1) is 13.0. The van der Waals surface area contributed by atoms with Gasteiger partial charge >= 0.3 is 0 Å². The van der Waals surface area contributed by atoms with Crippen LogP contribution in [-0.4, -0.2) is 26.4 Å². The number of thioether (sulfide) groups is 1. The first kappa shape index (κ1) is 18.8. The quantitative estimate of drug-likeness (QED) is 0.626. The molecular formula is C18H16F2N4O2S. The van der Waals surface area contributed by atoms with E-state index in [-0.39, 0.29) is 29.9 Å². The summed E-state index contributed by atoms with van der Waals surface area (Å²) >= 11 is 1.22. The van der Waals surface area contributed by atoms with Crippen LogP contribution in [-0.2, 0) is 18.4 Å². The van der Waals surface area contributed by atoms with Crippen molar-refractivity contribution in [3.05, 3.63) is 66.0 Å². The van der Waals surface area contributed by atoms with Crippen LogP contribution in [0.2, 0.25) is 0 Å². The Morgan fingerprint density at radius 1 is 1.07 bits per heavy atom. The Morgan fingerprint density at radius 2 is 1.70 bits per heavy atom. The van der Waals surface area contributed by atoms with Crippen molar-refractivity contribution in [2.75, 3.05) is 11.1 Å². The Morgan fingerprint density at radius 3 is 2.37 bits per heavy atom. The Labute approximate surface area is 158 Å². The molecule has 3 rings (SSSR count). The van der Waals surface area contributed by atoms with Crippen molar-refractivity contribution >= 4 is 23.4 Å². The molecule has 140 valence electrons. The maximum absolute atomic E-state index is 12.9. The number of hydrogen-bond acceptors (Lipinski definition) is 5. The molecule has 0 aliphatic heterocycles. The molecule has 0 aliphatic carbocycles. The van der Waals surface area contributed by atoms with E-state index in [0.29, 0.717) is 22.4 Å². The molecule has 0 bridgehead atoms. The molecule has 6 nitrogen and oxygen atoms in total. The minimum Gasteiger partial charge on any atom is -0.486 e. The highest BCUT2D eigenvalue weighted by Gasteiger charge is 2.12. The van der Waals surface area contributed by atoms with Gasteiger partial charge in [-0.2, -0.15) is 0 Å². The lowest BCUT2D eigenvalue weighted by molar-refractivity contribution is -0.113. The molecule has 0 radical (unpaired) electrons. The molecule has 0 fully saturated rings. The van der Waals surface area contributed by atoms with Crippen LogP contribution in [0, 0.1) is 11.6 Å². The van der Waals surface area contributed by atoms with E-state index in [9.17, 15) is 13.6 Å². The van der Waals surface area contributed by atoms with Crippen molar-refractivity contribution in [2.45, 2.75) is 11.8 Å². The van der Waals surface area contributed by atoms with Gasteiger partial charge in [0.15, 0.2) is 11.0 Å². The number of nitrogens with one attached hydrogen (secondary N) is 1. The molecule has 3 aromatic rings. The summed E-state index contributed by atoms with van der Waals surface area (Å²) in [5.74, 6) is 0.282. The second kappa shape index (κ2) is 8.63. The van der Waals surface area contributed by atoms with Crippen molar-refractivity contribution in [2.24, 2.45) is 7.05 Å². The molecule has 1 heterocycles. The molecule has 0 atom stereocenters. The van der Waals surface area contributed by atoms with Crippen molar-refractivity contribution in [3.63, 3.8) is 0 Å². The molecule has 0 aliphatic rings. The van der Waals surface area contributed by atoms with Crippen molar-refractivity contribution in [1.82, 2.24) is 14.8 Å². The maximum Gasteiger partial charge on any atom is 0.234 e. The van der Waals surface area contributed by atoms with Gasteiger partial charge in [0.25, 0.3) is 0 Å². The van der Waals surface area contributed by atoms with E-state index in [1.807, 2.05) is 0 Å². The first-order valence-electron chi connectivity index (χ1n) is 7.96. The average molecular weight is 390 g/mol. The second-order valence-corrected chi connectivity index (χ2v) is 6.49. The summed E-state index contributed by atoms with van der Waals surface area (Å²) < 4.78 is 33.0. The van der Waals surface area contributed by atoms with Crippen LogP contribution in [0.3, 0.4) is 0 Å². The molecule has 0 saturated carbocycles. The zero-order chi connectivity index (χ0) is 19.2. The number of amides is 1. The summed E-state index contributed by atoms with van der Waals surface area (Å²) in [5.41, 5.74) is 0.522. The number of hydrogen-bond donors (Lipinski definition) is 1. The predicted molar refractivity (Wildman–Crippen MR) is 97.5 cm³/mol. The predicted octanol–water partition coefficient (Wildman–Crippen LogP) is 3.40. The number of aromatic nitrogens is 3. The Kier molecular flexibility index (Phi) is 6.02. The summed E-state index contributed by atoms with van der Waals surface area (Å²) in [5, 5.41) is 11.3. The van der Waals surface area contributed by atoms with E-state index in [1.165, 1.54) is 60.3 Å². The van der Waals surface area contributed by atoms with E-state index >= 15 is 0 Å². The lowest BCUT2D eigenvalue weighted by atomic mass is 10.3. The van der Waals surface area contributed by atoms with Gasteiger partial charge in [0.2, 0.25) is 5.91 Å². The average Bonchev–Trinajstić information content (AvgIpc) is 3.01. The van der Waals surface area contributed by atoms with E-state index < -0.39 is 0 Å². The van der Waals surface area contributed by atoms with Gasteiger partial charge in [-0.25, -0.2) is 8.78 Å². The van der Waals surface area contributed by atoms with E-state index in [2.05, 4.69) is 15.5 Å². The number of ether oxygens (including phenoxy) is 1. The number of rotatable bonds is 7. The Balaban J connectivity index is 1.51. The number of halogens is 2. The third-order valence-corrected chi connectivity index (χ3v) is 4.59. The van der Waals surface area contributed by atoms with Crippen LogP contribution in [0.5, 0.6) is 5.75 Å². The first-order valence-corrected chi connectivity index (χ1v) is 8.94. The van der Waals surface area contributed by atoms with Crippen molar-refractivity contribution < 1.29 is 18.3 Å². The molecule has 0 unspecified atom stereocenters. The molecular weight excluding hydrogens is 374 g/mol. The maximum atomic E-state index is 12.9. The number of carbonyl (C=O) groups excluding carboxylic acids is 1. The van der Waals surface area contributed by atoms with Gasteiger partial charge in [0, 0.05) is 12.7 Å². The van der Waals surface area contributed by atoms with E-state index in [1.54, 1.807) is 11.6 Å². The number of benzene rings is 2. The molecule has 0 spiro atoms. The fourth-order valence-electron chi connectivity index (χ4n) is 2.14. The Hall–Kier alpha value is -2.94. The molecule has 9 heteroatoms. The van der Waals surface area contributed by atoms with Crippen molar-refractivity contribution in [1.29, 1.82) is 0 Å². The molecule has 1 amide bonds. The normalized spacial score (nSPS) is 10.6. The molecule has 0 saturated heterocycles. The molecule has 1 aromatic heterocycles. The molecule has 1 N–H and O–H groups in total. The highest BCUT2D eigenvalue weighted by atomic mass is 32.2. The van der Waals surface area contributed by atoms with Crippen LogP contribution in [0.15, 0.2) is 53.7 Å². The minimum atomic E-state index is -0.364. The number of nitrogens with zero attached hydrogens (tertiary/aromatic N) is 3. The number of carbonyl (C=O) groups is 1. The van der Waals surface area contributed by atoms with Crippen LogP contribution < -0.4 is 10.1 Å². The molecule has 2 aromatic carbocycles. The minimum absolute atomic E-state index is 0.127. The second-order valence-electron chi connectivity index (χ2n) is 5.54. The summed E-state index contributed by atoms with van der Waals surface area (Å²) in [4.78, 5) is 12.0. The smallest absolute Gasteiger partial charge is 0.234 e. The standard InChI is InChI=1S/C18H16F2N4O2S/c1-24-16(10-26-15-8-4-13(20)5-9-15)22-23-18(24)27-11-17(25)21-14-6-2-12(19)3-7-14/h2-9H,10-11H2,1H3,(H,21,25). The highest BCUT2D eigenvalue weighted by molar-refractivity contribution is 7.99. The van der Waals surface area contributed by atoms with Crippen LogP contribution in [0.25, 0.3) is 0 Å². The summed E-state index contributed by atoms with van der Waals surface area (Å²) in [6.45, 7) is 0.164.